The van der Waals surface area contributed by atoms with Crippen LogP contribution in [-0.4, -0.2) is 105 Å². The molecule has 7 heterocycles. The number of nitrogens with zero attached hydrogens (tertiary/aromatic N) is 3. The van der Waals surface area contributed by atoms with E-state index >= 15 is 0 Å². The molecule has 21 nitrogen and oxygen atoms in total. The van der Waals surface area contributed by atoms with Crippen molar-refractivity contribution >= 4 is 52.8 Å². The monoisotopic (exact) mass is 678 g/mol. The van der Waals surface area contributed by atoms with Gasteiger partial charge in [-0.1, -0.05) is 0 Å². The van der Waals surface area contributed by atoms with Gasteiger partial charge < -0.3 is 14.2 Å². The molecular weight excluding hydrogens is 648 g/mol. The summed E-state index contributed by atoms with van der Waals surface area (Å²) < 4.78 is 18.4. The molecule has 0 aliphatic carbocycles. The Bertz CT molecular complexity index is 1380. The molecule has 0 radical (unpaired) electrons. The third-order valence-electron chi connectivity index (χ3n) is 6.73. The molecule has 7 rings (SSSR count). The Morgan fingerprint density at radius 1 is 0.396 bits per heavy atom. The van der Waals surface area contributed by atoms with Crippen LogP contribution in [0.15, 0.2) is 14.4 Å². The van der Waals surface area contributed by atoms with Gasteiger partial charge in [0, 0.05) is 0 Å². The van der Waals surface area contributed by atoms with Crippen molar-refractivity contribution in [3.8, 4) is 0 Å². The molecule has 6 saturated heterocycles. The standard InChI is InChI=1S/C12H15N3O6.3C5H5NO3/c16-10-13(1-7-4-19-7)11(17)15(3-9-6-21-9)12(18)14(10)2-8-5-20-8;3*7-3-1-4(8)6-5(9)2-3/h7-9H,1-6H2;3*1-2H2,(H,6,8,9). The van der Waals surface area contributed by atoms with Crippen LogP contribution in [0.3, 0.4) is 0 Å². The maximum Gasteiger partial charge on any atom is 0.336 e. The van der Waals surface area contributed by atoms with Gasteiger partial charge in [0.1, 0.15) is 0 Å². The molecule has 3 atom stereocenters. The number of ether oxygens (including phenoxy) is 3. The zero-order valence-electron chi connectivity index (χ0n) is 25.2. The first-order valence-corrected chi connectivity index (χ1v) is 14.5. The second kappa shape index (κ2) is 15.5. The number of Topliss-reactive ketones (excluding diaryl/α,β-unsaturated/α-hetero) is 3. The van der Waals surface area contributed by atoms with Crippen molar-refractivity contribution in [1.29, 1.82) is 0 Å². The van der Waals surface area contributed by atoms with Crippen LogP contribution >= 0.6 is 0 Å². The predicted octanol–water partition coefficient (Wildman–Crippen LogP) is -5.66. The molecule has 3 N–H and O–H groups in total. The molecule has 258 valence electrons. The van der Waals surface area contributed by atoms with Crippen molar-refractivity contribution in [3.63, 3.8) is 0 Å². The highest BCUT2D eigenvalue weighted by Gasteiger charge is 2.32. The first-order chi connectivity index (χ1) is 22.7. The van der Waals surface area contributed by atoms with Crippen LogP contribution in [0.5, 0.6) is 0 Å². The number of epoxide rings is 3. The van der Waals surface area contributed by atoms with E-state index < -0.39 is 52.5 Å². The Kier molecular flexibility index (Phi) is 11.5. The highest BCUT2D eigenvalue weighted by molar-refractivity contribution is 6.17. The SMILES string of the molecule is O=C1CC(=O)NC(=O)C1.O=C1CC(=O)NC(=O)C1.O=C1CC(=O)NC(=O)C1.O=c1n(CC2CO2)c(=O)n(CC2CO2)c(=O)n1CC1CO1. The van der Waals surface area contributed by atoms with E-state index in [0.29, 0.717) is 19.8 Å². The van der Waals surface area contributed by atoms with E-state index in [1.54, 1.807) is 0 Å². The van der Waals surface area contributed by atoms with E-state index in [0.717, 1.165) is 13.7 Å². The van der Waals surface area contributed by atoms with Crippen LogP contribution < -0.4 is 33.0 Å². The molecule has 1 aromatic heterocycles. The Morgan fingerprint density at radius 2 is 0.583 bits per heavy atom. The summed E-state index contributed by atoms with van der Waals surface area (Å²) in [5.74, 6) is -3.84. The molecule has 0 spiro atoms. The van der Waals surface area contributed by atoms with Crippen LogP contribution in [0.1, 0.15) is 38.5 Å². The molecule has 6 amide bonds. The fourth-order valence-electron chi connectivity index (χ4n) is 4.28. The molecule has 6 aliphatic heterocycles. The molecule has 1 aromatic rings. The Balaban J connectivity index is 0.000000161. The number of carbonyl (C=O) groups excluding carboxylic acids is 9. The van der Waals surface area contributed by atoms with E-state index in [2.05, 4.69) is 0 Å². The van der Waals surface area contributed by atoms with E-state index in [-0.39, 0.29) is 93.8 Å². The molecule has 48 heavy (non-hydrogen) atoms. The summed E-state index contributed by atoms with van der Waals surface area (Å²) in [7, 11) is 0. The van der Waals surface area contributed by atoms with Crippen molar-refractivity contribution in [2.75, 3.05) is 19.8 Å². The molecule has 3 unspecified atom stereocenters. The van der Waals surface area contributed by atoms with Gasteiger partial charge in [0.2, 0.25) is 35.4 Å². The summed E-state index contributed by atoms with van der Waals surface area (Å²) in [6.45, 7) is 2.12. The first-order valence-electron chi connectivity index (χ1n) is 14.5. The van der Waals surface area contributed by atoms with Gasteiger partial charge in [-0.2, -0.15) is 0 Å². The van der Waals surface area contributed by atoms with Gasteiger partial charge in [0.25, 0.3) is 0 Å². The van der Waals surface area contributed by atoms with Gasteiger partial charge in [-0.05, 0) is 0 Å². The summed E-state index contributed by atoms with van der Waals surface area (Å²) in [5, 5.41) is 6.03. The fraction of sp³-hybridized carbons (Fsp3) is 0.556. The summed E-state index contributed by atoms with van der Waals surface area (Å²) in [4.78, 5) is 130. The molecule has 6 fully saturated rings. The molecule has 0 aromatic carbocycles. The first kappa shape index (κ1) is 35.6. The lowest BCUT2D eigenvalue weighted by molar-refractivity contribution is -0.141. The number of hydrogen-bond donors (Lipinski definition) is 3. The number of aromatic nitrogens is 3. The summed E-state index contributed by atoms with van der Waals surface area (Å²) in [5.41, 5.74) is -1.78. The van der Waals surface area contributed by atoms with Gasteiger partial charge in [-0.3, -0.25) is 59.1 Å². The number of rotatable bonds is 6. The van der Waals surface area contributed by atoms with Crippen molar-refractivity contribution in [2.24, 2.45) is 0 Å². The Labute approximate surface area is 267 Å². The van der Waals surface area contributed by atoms with Crippen LogP contribution in [0.4, 0.5) is 0 Å². The summed E-state index contributed by atoms with van der Waals surface area (Å²) in [6, 6.07) is 0. The number of piperidine rings is 3. The molecular formula is C27H30N6O15. The predicted molar refractivity (Wildman–Crippen MR) is 151 cm³/mol. The summed E-state index contributed by atoms with van der Waals surface area (Å²) >= 11 is 0. The quantitative estimate of drug-likeness (QED) is 0.144. The number of carbonyl (C=O) groups is 9. The number of ketones is 3. The van der Waals surface area contributed by atoms with E-state index in [1.165, 1.54) is 0 Å². The van der Waals surface area contributed by atoms with Gasteiger partial charge in [0.05, 0.1) is 96.3 Å². The molecule has 21 heteroatoms. The average molecular weight is 679 g/mol. The van der Waals surface area contributed by atoms with Gasteiger partial charge in [-0.15, -0.1) is 0 Å². The van der Waals surface area contributed by atoms with Crippen LogP contribution in [-0.2, 0) is 77.0 Å². The zero-order chi connectivity index (χ0) is 35.1. The Morgan fingerprint density at radius 3 is 0.729 bits per heavy atom. The minimum absolute atomic E-state index is 0.121. The van der Waals surface area contributed by atoms with Crippen molar-refractivity contribution in [2.45, 2.75) is 76.5 Å². The third kappa shape index (κ3) is 11.2. The smallest absolute Gasteiger partial charge is 0.336 e. The van der Waals surface area contributed by atoms with Crippen molar-refractivity contribution in [1.82, 2.24) is 29.7 Å². The lowest BCUT2D eigenvalue weighted by atomic mass is 10.1. The fourth-order valence-corrected chi connectivity index (χ4v) is 4.28. The lowest BCUT2D eigenvalue weighted by Gasteiger charge is -2.12. The highest BCUT2D eigenvalue weighted by atomic mass is 16.6. The third-order valence-corrected chi connectivity index (χ3v) is 6.73. The van der Waals surface area contributed by atoms with Crippen molar-refractivity contribution in [3.05, 3.63) is 31.5 Å². The number of amides is 6. The van der Waals surface area contributed by atoms with Crippen LogP contribution in [0.2, 0.25) is 0 Å². The van der Waals surface area contributed by atoms with Crippen molar-refractivity contribution < 1.29 is 57.4 Å². The topological polar surface area (TPSA) is 293 Å². The normalized spacial score (nSPS) is 24.0. The summed E-state index contributed by atoms with van der Waals surface area (Å²) in [6.07, 6.45) is -1.25. The minimum Gasteiger partial charge on any atom is -0.371 e. The molecule has 0 saturated carbocycles. The van der Waals surface area contributed by atoms with E-state index in [4.69, 9.17) is 14.2 Å². The van der Waals surface area contributed by atoms with Crippen LogP contribution in [0, 0.1) is 0 Å². The maximum atomic E-state index is 12.4. The zero-order valence-corrected chi connectivity index (χ0v) is 25.2. The number of imide groups is 3. The second-order valence-corrected chi connectivity index (χ2v) is 11.1. The number of hydrogen-bond acceptors (Lipinski definition) is 15. The maximum absolute atomic E-state index is 12.4. The lowest BCUT2D eigenvalue weighted by Crippen LogP contribution is -2.55. The van der Waals surface area contributed by atoms with Gasteiger partial charge in [-0.25, -0.2) is 28.1 Å². The van der Waals surface area contributed by atoms with E-state index in [9.17, 15) is 57.5 Å². The van der Waals surface area contributed by atoms with Gasteiger partial charge >= 0.3 is 17.1 Å². The second-order valence-electron chi connectivity index (χ2n) is 11.1. The largest absolute Gasteiger partial charge is 0.371 e. The average Bonchev–Trinajstić information content (AvgIpc) is 3.80. The molecule has 6 aliphatic rings. The minimum atomic E-state index is -0.594. The van der Waals surface area contributed by atoms with E-state index in [1.807, 2.05) is 16.0 Å². The Hall–Kier alpha value is -5.28. The van der Waals surface area contributed by atoms with Crippen LogP contribution in [0.25, 0.3) is 0 Å². The molecule has 0 bridgehead atoms. The number of nitrogens with one attached hydrogen (secondary N) is 3. The highest BCUT2D eigenvalue weighted by Crippen LogP contribution is 2.12. The van der Waals surface area contributed by atoms with Gasteiger partial charge in [0.15, 0.2) is 17.3 Å².